The molecule has 1 N–H and O–H groups in total. The zero-order valence-electron chi connectivity index (χ0n) is 8.92. The fourth-order valence-corrected chi connectivity index (χ4v) is 1.73. The lowest BCUT2D eigenvalue weighted by Gasteiger charge is -2.25. The number of rotatable bonds is 1. The largest absolute Gasteiger partial charge is 0.485 e. The van der Waals surface area contributed by atoms with Crippen molar-refractivity contribution in [1.29, 1.82) is 0 Å². The van der Waals surface area contributed by atoms with Crippen LogP contribution in [0.5, 0.6) is 11.5 Å². The van der Waals surface area contributed by atoms with Gasteiger partial charge in [-0.1, -0.05) is 12.1 Å². The van der Waals surface area contributed by atoms with Crippen LogP contribution in [0.15, 0.2) is 41.5 Å². The Morgan fingerprint density at radius 3 is 2.94 bits per heavy atom. The Kier molecular flexibility index (Phi) is 2.29. The van der Waals surface area contributed by atoms with Crippen molar-refractivity contribution in [3.63, 3.8) is 0 Å². The van der Waals surface area contributed by atoms with Crippen LogP contribution in [0.4, 0.5) is 0 Å². The summed E-state index contributed by atoms with van der Waals surface area (Å²) < 4.78 is 11.3. The molecule has 0 aliphatic carbocycles. The van der Waals surface area contributed by atoms with Crippen LogP contribution in [0.1, 0.15) is 11.8 Å². The maximum atomic E-state index is 11.2. The highest BCUT2D eigenvalue weighted by molar-refractivity contribution is 5.41. The topological polar surface area (TPSA) is 64.2 Å². The summed E-state index contributed by atoms with van der Waals surface area (Å²) in [5.74, 6) is 1.39. The van der Waals surface area contributed by atoms with E-state index >= 15 is 0 Å². The molecule has 3 rings (SSSR count). The van der Waals surface area contributed by atoms with Crippen LogP contribution in [-0.4, -0.2) is 16.6 Å². The van der Waals surface area contributed by atoms with Crippen molar-refractivity contribution in [3.05, 3.63) is 52.7 Å². The first kappa shape index (κ1) is 9.89. The summed E-state index contributed by atoms with van der Waals surface area (Å²) in [4.78, 5) is 17.7. The quantitative estimate of drug-likeness (QED) is 0.801. The monoisotopic (exact) mass is 230 g/mol. The number of fused-ring (bicyclic) bond motifs is 1. The van der Waals surface area contributed by atoms with Gasteiger partial charge in [-0.2, -0.15) is 0 Å². The predicted molar refractivity (Wildman–Crippen MR) is 60.2 cm³/mol. The van der Waals surface area contributed by atoms with Crippen molar-refractivity contribution in [1.82, 2.24) is 9.97 Å². The molecule has 0 fully saturated rings. The molecule has 0 saturated heterocycles. The van der Waals surface area contributed by atoms with E-state index in [0.717, 1.165) is 0 Å². The second kappa shape index (κ2) is 3.93. The number of nitrogens with zero attached hydrogens (tertiary/aromatic N) is 1. The van der Waals surface area contributed by atoms with Gasteiger partial charge in [0.2, 0.25) is 0 Å². The molecular formula is C12H10N2O3. The number of ether oxygens (including phenoxy) is 2. The van der Waals surface area contributed by atoms with Crippen molar-refractivity contribution < 1.29 is 9.47 Å². The lowest BCUT2D eigenvalue weighted by Crippen LogP contribution is -2.24. The minimum absolute atomic E-state index is 0.197. The van der Waals surface area contributed by atoms with Gasteiger partial charge in [-0.25, -0.2) is 4.98 Å². The average molecular weight is 230 g/mol. The standard InChI is InChI=1S/C12H10N2O3/c15-12-5-8(13-7-14-12)11-6-16-9-3-1-2-4-10(9)17-11/h1-5,7,11H,6H2,(H,13,14,15). The fraction of sp³-hybridized carbons (Fsp3) is 0.167. The molecule has 1 aromatic heterocycles. The molecule has 5 heteroatoms. The van der Waals surface area contributed by atoms with Gasteiger partial charge in [0.15, 0.2) is 17.6 Å². The van der Waals surface area contributed by atoms with E-state index in [1.165, 1.54) is 12.4 Å². The molecule has 0 radical (unpaired) electrons. The van der Waals surface area contributed by atoms with E-state index in [0.29, 0.717) is 23.8 Å². The number of nitrogens with one attached hydrogen (secondary N) is 1. The minimum atomic E-state index is -0.341. The number of aromatic nitrogens is 2. The van der Waals surface area contributed by atoms with E-state index in [-0.39, 0.29) is 11.7 Å². The summed E-state index contributed by atoms with van der Waals surface area (Å²) in [5.41, 5.74) is 0.376. The van der Waals surface area contributed by atoms with Crippen molar-refractivity contribution >= 4 is 0 Å². The second-order valence-electron chi connectivity index (χ2n) is 3.70. The van der Waals surface area contributed by atoms with Gasteiger partial charge in [0, 0.05) is 6.07 Å². The van der Waals surface area contributed by atoms with E-state index < -0.39 is 0 Å². The normalized spacial score (nSPS) is 17.8. The summed E-state index contributed by atoms with van der Waals surface area (Å²) in [6.45, 7) is 0.355. The Balaban J connectivity index is 1.92. The summed E-state index contributed by atoms with van der Waals surface area (Å²) in [6.07, 6.45) is 1.02. The van der Waals surface area contributed by atoms with Gasteiger partial charge in [0.25, 0.3) is 5.56 Å². The first-order chi connectivity index (χ1) is 8.33. The Morgan fingerprint density at radius 1 is 1.29 bits per heavy atom. The molecule has 1 aliphatic rings. The van der Waals surface area contributed by atoms with Crippen molar-refractivity contribution in [2.45, 2.75) is 6.10 Å². The molecule has 1 aromatic carbocycles. The van der Waals surface area contributed by atoms with Crippen molar-refractivity contribution in [2.24, 2.45) is 0 Å². The second-order valence-corrected chi connectivity index (χ2v) is 3.70. The first-order valence-corrected chi connectivity index (χ1v) is 5.26. The Morgan fingerprint density at radius 2 is 2.12 bits per heavy atom. The molecule has 17 heavy (non-hydrogen) atoms. The van der Waals surface area contributed by atoms with Gasteiger partial charge < -0.3 is 14.5 Å². The zero-order chi connectivity index (χ0) is 11.7. The molecule has 2 heterocycles. The van der Waals surface area contributed by atoms with Gasteiger partial charge in [0.1, 0.15) is 6.61 Å². The van der Waals surface area contributed by atoms with Crippen molar-refractivity contribution in [3.8, 4) is 11.5 Å². The van der Waals surface area contributed by atoms with E-state index in [4.69, 9.17) is 9.47 Å². The number of H-pyrrole nitrogens is 1. The van der Waals surface area contributed by atoms with Crippen LogP contribution in [0, 0.1) is 0 Å². The highest BCUT2D eigenvalue weighted by Crippen LogP contribution is 2.34. The first-order valence-electron chi connectivity index (χ1n) is 5.26. The minimum Gasteiger partial charge on any atom is -0.485 e. The molecule has 1 atom stereocenters. The molecule has 2 aromatic rings. The molecule has 0 bridgehead atoms. The van der Waals surface area contributed by atoms with E-state index in [1.54, 1.807) is 0 Å². The van der Waals surface area contributed by atoms with Crippen molar-refractivity contribution in [2.75, 3.05) is 6.61 Å². The molecule has 5 nitrogen and oxygen atoms in total. The molecule has 0 saturated carbocycles. The molecule has 0 amide bonds. The molecular weight excluding hydrogens is 220 g/mol. The summed E-state index contributed by atoms with van der Waals surface area (Å²) in [6, 6.07) is 8.84. The highest BCUT2D eigenvalue weighted by atomic mass is 16.6. The molecule has 0 spiro atoms. The number of benzene rings is 1. The third-order valence-corrected chi connectivity index (χ3v) is 2.54. The van der Waals surface area contributed by atoms with Crippen LogP contribution in [-0.2, 0) is 0 Å². The maximum absolute atomic E-state index is 11.2. The van der Waals surface area contributed by atoms with Crippen LogP contribution in [0.3, 0.4) is 0 Å². The average Bonchev–Trinajstić information content (AvgIpc) is 2.38. The maximum Gasteiger partial charge on any atom is 0.251 e. The lowest BCUT2D eigenvalue weighted by atomic mass is 10.2. The van der Waals surface area contributed by atoms with Crippen LogP contribution in [0.2, 0.25) is 0 Å². The Labute approximate surface area is 97.0 Å². The summed E-state index contributed by atoms with van der Waals surface area (Å²) in [7, 11) is 0. The molecule has 1 unspecified atom stereocenters. The van der Waals surface area contributed by atoms with Gasteiger partial charge in [-0.15, -0.1) is 0 Å². The van der Waals surface area contributed by atoms with E-state index in [2.05, 4.69) is 9.97 Å². The van der Waals surface area contributed by atoms with E-state index in [9.17, 15) is 4.79 Å². The third kappa shape index (κ3) is 1.87. The third-order valence-electron chi connectivity index (χ3n) is 2.54. The van der Waals surface area contributed by atoms with Crippen LogP contribution in [0.25, 0.3) is 0 Å². The predicted octanol–water partition coefficient (Wildman–Crippen LogP) is 1.28. The van der Waals surface area contributed by atoms with Gasteiger partial charge in [0.05, 0.1) is 12.0 Å². The number of hydrogen-bond acceptors (Lipinski definition) is 4. The molecule has 86 valence electrons. The van der Waals surface area contributed by atoms with Gasteiger partial charge in [-0.3, -0.25) is 4.79 Å². The zero-order valence-corrected chi connectivity index (χ0v) is 8.92. The SMILES string of the molecule is O=c1cc(C2COc3ccccc3O2)nc[nH]1. The summed E-state index contributed by atoms with van der Waals surface area (Å²) in [5, 5.41) is 0. The summed E-state index contributed by atoms with van der Waals surface area (Å²) >= 11 is 0. The van der Waals surface area contributed by atoms with Gasteiger partial charge >= 0.3 is 0 Å². The number of para-hydroxylation sites is 2. The molecule has 1 aliphatic heterocycles. The van der Waals surface area contributed by atoms with Crippen LogP contribution < -0.4 is 15.0 Å². The fourth-order valence-electron chi connectivity index (χ4n) is 1.73. The number of aromatic amines is 1. The Bertz CT molecular complexity index is 594. The Hall–Kier alpha value is -2.30. The van der Waals surface area contributed by atoms with Crippen LogP contribution >= 0.6 is 0 Å². The lowest BCUT2D eigenvalue weighted by molar-refractivity contribution is 0.0881. The van der Waals surface area contributed by atoms with Gasteiger partial charge in [-0.05, 0) is 12.1 Å². The smallest absolute Gasteiger partial charge is 0.251 e. The van der Waals surface area contributed by atoms with E-state index in [1.807, 2.05) is 24.3 Å². The highest BCUT2D eigenvalue weighted by Gasteiger charge is 2.23. The number of hydrogen-bond donors (Lipinski definition) is 1.